The van der Waals surface area contributed by atoms with Crippen LogP contribution in [-0.2, 0) is 10.0 Å². The minimum Gasteiger partial charge on any atom is -0.322 e. The number of amides is 1. The summed E-state index contributed by atoms with van der Waals surface area (Å²) in [6.07, 6.45) is 3.42. The number of sulfonamides is 1. The van der Waals surface area contributed by atoms with Gasteiger partial charge in [0.1, 0.15) is 5.82 Å². The number of anilines is 2. The van der Waals surface area contributed by atoms with E-state index in [1.54, 1.807) is 24.5 Å². The second-order valence-corrected chi connectivity index (χ2v) is 9.81. The number of fused-ring (bicyclic) bond motifs is 1. The summed E-state index contributed by atoms with van der Waals surface area (Å²) in [6, 6.07) is 14.8. The van der Waals surface area contributed by atoms with Crippen molar-refractivity contribution >= 4 is 38.2 Å². The molecule has 0 atom stereocenters. The summed E-state index contributed by atoms with van der Waals surface area (Å²) in [5.74, 6) is -1.38. The second-order valence-electron chi connectivity index (χ2n) is 7.80. The highest BCUT2D eigenvalue weighted by atomic mass is 32.2. The molecule has 2 aromatic carbocycles. The Morgan fingerprint density at radius 1 is 1.09 bits per heavy atom. The molecule has 1 saturated heterocycles. The van der Waals surface area contributed by atoms with Crippen molar-refractivity contribution in [2.45, 2.75) is 6.92 Å². The van der Waals surface area contributed by atoms with E-state index in [0.717, 1.165) is 38.1 Å². The minimum absolute atomic E-state index is 0.0373. The number of pyridine rings is 2. The molecule has 0 aliphatic carbocycles. The average Bonchev–Trinajstić information content (AvgIpc) is 2.79. The van der Waals surface area contributed by atoms with Gasteiger partial charge >= 0.3 is 0 Å². The number of benzene rings is 2. The predicted molar refractivity (Wildman–Crippen MR) is 125 cm³/mol. The van der Waals surface area contributed by atoms with Crippen molar-refractivity contribution in [1.29, 1.82) is 0 Å². The summed E-state index contributed by atoms with van der Waals surface area (Å²) in [5.41, 5.74) is 3.90. The average molecular weight is 463 g/mol. The van der Waals surface area contributed by atoms with E-state index in [1.165, 1.54) is 12.1 Å². The molecule has 0 bridgehead atoms. The van der Waals surface area contributed by atoms with E-state index in [1.807, 2.05) is 31.2 Å². The van der Waals surface area contributed by atoms with Crippen LogP contribution in [0.5, 0.6) is 0 Å². The van der Waals surface area contributed by atoms with Crippen molar-refractivity contribution in [3.8, 4) is 11.3 Å². The standard InChI is InChI=1S/C24H19FN4O3S/c1-15-2-4-17(12-20(15)23-7-3-16-14-26-9-8-22(16)28-23)27-24(30)19-6-5-18(13-21(19)25)29-10-11-33(29,31)32/h2-9,12-14H,10-11H2,1H3,(H,27,30). The molecular weight excluding hydrogens is 443 g/mol. The molecule has 1 aliphatic rings. The van der Waals surface area contributed by atoms with E-state index < -0.39 is 21.7 Å². The van der Waals surface area contributed by atoms with E-state index in [4.69, 9.17) is 0 Å². The Bertz CT molecular complexity index is 1520. The molecule has 0 spiro atoms. The molecule has 166 valence electrons. The van der Waals surface area contributed by atoms with Crippen molar-refractivity contribution in [2.24, 2.45) is 0 Å². The van der Waals surface area contributed by atoms with Gasteiger partial charge in [0, 0.05) is 35.6 Å². The molecule has 4 aromatic rings. The molecule has 1 fully saturated rings. The van der Waals surface area contributed by atoms with E-state index in [9.17, 15) is 17.6 Å². The molecule has 0 saturated carbocycles. The largest absolute Gasteiger partial charge is 0.322 e. The van der Waals surface area contributed by atoms with Gasteiger partial charge in [-0.3, -0.25) is 14.1 Å². The first-order valence-corrected chi connectivity index (χ1v) is 11.9. The zero-order valence-electron chi connectivity index (χ0n) is 17.6. The highest BCUT2D eigenvalue weighted by Crippen LogP contribution is 2.29. The molecule has 9 heteroatoms. The third-order valence-electron chi connectivity index (χ3n) is 5.63. The van der Waals surface area contributed by atoms with Gasteiger partial charge in [-0.2, -0.15) is 0 Å². The minimum atomic E-state index is -3.37. The maximum Gasteiger partial charge on any atom is 0.258 e. The van der Waals surface area contributed by atoms with Crippen LogP contribution in [0.15, 0.2) is 67.0 Å². The van der Waals surface area contributed by atoms with Gasteiger partial charge in [0.05, 0.1) is 28.2 Å². The van der Waals surface area contributed by atoms with Crippen molar-refractivity contribution in [2.75, 3.05) is 21.9 Å². The number of aromatic nitrogens is 2. The predicted octanol–water partition coefficient (Wildman–Crippen LogP) is 4.15. The fraction of sp³-hybridized carbons (Fsp3) is 0.125. The van der Waals surface area contributed by atoms with Gasteiger partial charge in [-0.1, -0.05) is 6.07 Å². The third-order valence-corrected chi connectivity index (χ3v) is 7.40. The van der Waals surface area contributed by atoms with Crippen molar-refractivity contribution in [3.63, 3.8) is 0 Å². The molecule has 1 N–H and O–H groups in total. The molecular formula is C24H19FN4O3S. The lowest BCUT2D eigenvalue weighted by Crippen LogP contribution is -2.47. The number of nitrogens with zero attached hydrogens (tertiary/aromatic N) is 3. The third kappa shape index (κ3) is 3.91. The monoisotopic (exact) mass is 462 g/mol. The van der Waals surface area contributed by atoms with E-state index in [2.05, 4.69) is 15.3 Å². The van der Waals surface area contributed by atoms with Crippen LogP contribution in [0.25, 0.3) is 22.2 Å². The maximum absolute atomic E-state index is 14.6. The van der Waals surface area contributed by atoms with Crippen LogP contribution in [0, 0.1) is 12.7 Å². The highest BCUT2D eigenvalue weighted by molar-refractivity contribution is 7.94. The summed E-state index contributed by atoms with van der Waals surface area (Å²) >= 11 is 0. The molecule has 7 nitrogen and oxygen atoms in total. The fourth-order valence-electron chi connectivity index (χ4n) is 3.75. The Labute approximate surface area is 190 Å². The number of carbonyl (C=O) groups is 1. The Kier molecular flexibility index (Phi) is 5.05. The highest BCUT2D eigenvalue weighted by Gasteiger charge is 2.33. The van der Waals surface area contributed by atoms with Gasteiger partial charge in [0.25, 0.3) is 5.91 Å². The zero-order chi connectivity index (χ0) is 23.2. The first-order chi connectivity index (χ1) is 15.8. The summed E-state index contributed by atoms with van der Waals surface area (Å²) < 4.78 is 39.3. The quantitative estimate of drug-likeness (QED) is 0.492. The van der Waals surface area contributed by atoms with Gasteiger partial charge in [0.2, 0.25) is 10.0 Å². The SMILES string of the molecule is Cc1ccc(NC(=O)c2ccc(N3CCS3(=O)=O)cc2F)cc1-c1ccc2cnccc2n1. The van der Waals surface area contributed by atoms with Crippen LogP contribution < -0.4 is 9.62 Å². The number of nitrogens with one attached hydrogen (secondary N) is 1. The first-order valence-electron chi connectivity index (χ1n) is 10.2. The van der Waals surface area contributed by atoms with Gasteiger partial charge in [-0.25, -0.2) is 17.8 Å². The van der Waals surface area contributed by atoms with E-state index in [-0.39, 0.29) is 17.0 Å². The van der Waals surface area contributed by atoms with Crippen LogP contribution >= 0.6 is 0 Å². The number of rotatable bonds is 4. The zero-order valence-corrected chi connectivity index (χ0v) is 18.4. The lowest BCUT2D eigenvalue weighted by Gasteiger charge is -2.32. The molecule has 1 amide bonds. The summed E-state index contributed by atoms with van der Waals surface area (Å²) in [7, 11) is -3.37. The Balaban J connectivity index is 1.41. The number of halogens is 1. The molecule has 3 heterocycles. The van der Waals surface area contributed by atoms with Gasteiger partial charge < -0.3 is 5.32 Å². The summed E-state index contributed by atoms with van der Waals surface area (Å²) in [4.78, 5) is 21.5. The van der Waals surface area contributed by atoms with Crippen LogP contribution in [0.4, 0.5) is 15.8 Å². The lowest BCUT2D eigenvalue weighted by atomic mass is 10.0. The molecule has 0 unspecified atom stereocenters. The molecule has 5 rings (SSSR count). The molecule has 0 radical (unpaired) electrons. The number of hydrogen-bond acceptors (Lipinski definition) is 5. The first kappa shape index (κ1) is 21.0. The van der Waals surface area contributed by atoms with E-state index >= 15 is 0 Å². The molecule has 1 aliphatic heterocycles. The lowest BCUT2D eigenvalue weighted by molar-refractivity contribution is 0.102. The Hall–Kier alpha value is -3.85. The smallest absolute Gasteiger partial charge is 0.258 e. The number of aryl methyl sites for hydroxylation is 1. The van der Waals surface area contributed by atoms with Crippen LogP contribution in [-0.4, -0.2) is 36.6 Å². The topological polar surface area (TPSA) is 92.3 Å². The van der Waals surface area contributed by atoms with Gasteiger partial charge in [-0.15, -0.1) is 0 Å². The maximum atomic E-state index is 14.6. The Morgan fingerprint density at radius 3 is 2.67 bits per heavy atom. The second kappa shape index (κ2) is 7.93. The van der Waals surface area contributed by atoms with Crippen molar-refractivity contribution < 1.29 is 17.6 Å². The van der Waals surface area contributed by atoms with Crippen molar-refractivity contribution in [3.05, 3.63) is 83.9 Å². The Morgan fingerprint density at radius 2 is 1.94 bits per heavy atom. The molecule has 2 aromatic heterocycles. The van der Waals surface area contributed by atoms with E-state index in [0.29, 0.717) is 12.2 Å². The van der Waals surface area contributed by atoms with Gasteiger partial charge in [0.15, 0.2) is 0 Å². The normalized spacial score (nSPS) is 14.7. The summed E-state index contributed by atoms with van der Waals surface area (Å²) in [6.45, 7) is 2.25. The molecule has 33 heavy (non-hydrogen) atoms. The van der Waals surface area contributed by atoms with Crippen LogP contribution in [0.2, 0.25) is 0 Å². The van der Waals surface area contributed by atoms with Crippen molar-refractivity contribution in [1.82, 2.24) is 9.97 Å². The van der Waals surface area contributed by atoms with Gasteiger partial charge in [-0.05, 0) is 61.0 Å². The van der Waals surface area contributed by atoms with Crippen LogP contribution in [0.1, 0.15) is 15.9 Å². The fourth-order valence-corrected chi connectivity index (χ4v) is 4.85. The number of carbonyl (C=O) groups excluding carboxylic acids is 1. The summed E-state index contributed by atoms with van der Waals surface area (Å²) in [5, 5.41) is 3.64. The number of hydrogen-bond donors (Lipinski definition) is 1. The van der Waals surface area contributed by atoms with Crippen LogP contribution in [0.3, 0.4) is 0 Å².